The van der Waals surface area contributed by atoms with E-state index in [4.69, 9.17) is 5.11 Å². The highest BCUT2D eigenvalue weighted by Crippen LogP contribution is 2.17. The third-order valence-electron chi connectivity index (χ3n) is 1.19. The van der Waals surface area contributed by atoms with Gasteiger partial charge in [-0.1, -0.05) is 0 Å². The molecular weight excluding hydrogens is 160 g/mol. The van der Waals surface area contributed by atoms with Gasteiger partial charge in [0.25, 0.3) is 0 Å². The van der Waals surface area contributed by atoms with Crippen molar-refractivity contribution in [2.45, 2.75) is 0 Å². The second-order valence-electron chi connectivity index (χ2n) is 1.99. The smallest absolute Gasteiger partial charge is 0.412 e. The van der Waals surface area contributed by atoms with Gasteiger partial charge in [0.15, 0.2) is 11.6 Å². The molecule has 64 valence electrons. The Morgan fingerprint density at radius 3 is 3.08 bits per heavy atom. The van der Waals surface area contributed by atoms with E-state index in [9.17, 15) is 4.79 Å². The number of amides is 1. The van der Waals surface area contributed by atoms with Gasteiger partial charge in [0.05, 0.1) is 7.11 Å². The minimum atomic E-state index is -0.663. The lowest BCUT2D eigenvalue weighted by molar-refractivity contribution is 0.186. The minimum absolute atomic E-state index is 0.0874. The molecule has 0 radical (unpaired) electrons. The number of anilines is 1. The summed E-state index contributed by atoms with van der Waals surface area (Å²) < 4.78 is 4.31. The van der Waals surface area contributed by atoms with E-state index in [2.05, 4.69) is 15.0 Å². The van der Waals surface area contributed by atoms with Gasteiger partial charge in [0.2, 0.25) is 0 Å². The van der Waals surface area contributed by atoms with Gasteiger partial charge < -0.3 is 9.84 Å². The quantitative estimate of drug-likeness (QED) is 0.655. The fourth-order valence-electron chi connectivity index (χ4n) is 0.641. The molecule has 1 rings (SSSR count). The Bertz CT molecular complexity index is 288. The summed E-state index contributed by atoms with van der Waals surface area (Å²) in [5.41, 5.74) is 0. The van der Waals surface area contributed by atoms with Crippen molar-refractivity contribution in [2.24, 2.45) is 0 Å². The molecule has 1 heterocycles. The minimum Gasteiger partial charge on any atom is -0.504 e. The summed E-state index contributed by atoms with van der Waals surface area (Å²) in [6.07, 6.45) is 0.786. The molecule has 0 saturated heterocycles. The molecule has 0 aliphatic heterocycles. The molecule has 5 heteroatoms. The van der Waals surface area contributed by atoms with Crippen LogP contribution in [0, 0.1) is 0 Å². The Morgan fingerprint density at radius 1 is 1.75 bits per heavy atom. The number of nitrogens with zero attached hydrogens (tertiary/aromatic N) is 1. The van der Waals surface area contributed by atoms with Crippen LogP contribution in [-0.2, 0) is 4.74 Å². The number of ether oxygens (including phenoxy) is 1. The Kier molecular flexibility index (Phi) is 2.47. The Balaban J connectivity index is 2.75. The average molecular weight is 168 g/mol. The molecular formula is C7H8N2O3. The van der Waals surface area contributed by atoms with E-state index < -0.39 is 6.09 Å². The van der Waals surface area contributed by atoms with Gasteiger partial charge in [-0.2, -0.15) is 0 Å². The molecule has 12 heavy (non-hydrogen) atoms. The van der Waals surface area contributed by atoms with Crippen LogP contribution in [0.25, 0.3) is 0 Å². The molecule has 0 fully saturated rings. The van der Waals surface area contributed by atoms with Crippen molar-refractivity contribution in [1.82, 2.24) is 4.98 Å². The predicted octanol–water partition coefficient (Wildman–Crippen LogP) is 0.965. The Labute approximate surface area is 69.0 Å². The number of rotatable bonds is 1. The van der Waals surface area contributed by atoms with Crippen LogP contribution < -0.4 is 5.32 Å². The zero-order valence-corrected chi connectivity index (χ0v) is 6.44. The summed E-state index contributed by atoms with van der Waals surface area (Å²) >= 11 is 0. The van der Waals surface area contributed by atoms with Crippen LogP contribution in [0.1, 0.15) is 0 Å². The number of nitrogens with one attached hydrogen (secondary N) is 1. The molecule has 1 aromatic heterocycles. The predicted molar refractivity (Wildman–Crippen MR) is 41.9 cm³/mol. The molecule has 0 atom stereocenters. The molecule has 1 amide bonds. The van der Waals surface area contributed by atoms with E-state index in [1.165, 1.54) is 19.4 Å². The highest BCUT2D eigenvalue weighted by molar-refractivity contribution is 5.84. The molecule has 0 saturated carbocycles. The normalized spacial score (nSPS) is 9.08. The lowest BCUT2D eigenvalue weighted by Gasteiger charge is -2.02. The van der Waals surface area contributed by atoms with Crippen molar-refractivity contribution >= 4 is 11.9 Å². The SMILES string of the molecule is COC(=O)Nc1ncccc1O. The van der Waals surface area contributed by atoms with Crippen LogP contribution in [-0.4, -0.2) is 23.3 Å². The molecule has 0 aromatic carbocycles. The molecule has 2 N–H and O–H groups in total. The van der Waals surface area contributed by atoms with Crippen LogP contribution in [0.15, 0.2) is 18.3 Å². The number of hydrogen-bond donors (Lipinski definition) is 2. The van der Waals surface area contributed by atoms with E-state index >= 15 is 0 Å². The maximum Gasteiger partial charge on any atom is 0.412 e. The second-order valence-corrected chi connectivity index (χ2v) is 1.99. The Hall–Kier alpha value is -1.78. The average Bonchev–Trinajstić information content (AvgIpc) is 2.09. The maximum absolute atomic E-state index is 10.6. The van der Waals surface area contributed by atoms with Gasteiger partial charge in [-0.15, -0.1) is 0 Å². The fourth-order valence-corrected chi connectivity index (χ4v) is 0.641. The van der Waals surface area contributed by atoms with Crippen LogP contribution >= 0.6 is 0 Å². The first-order valence-corrected chi connectivity index (χ1v) is 3.23. The number of aromatic hydroxyl groups is 1. The molecule has 0 unspecified atom stereocenters. The zero-order valence-electron chi connectivity index (χ0n) is 6.44. The number of carbonyl (C=O) groups excluding carboxylic acids is 1. The van der Waals surface area contributed by atoms with Gasteiger partial charge in [-0.05, 0) is 12.1 Å². The number of hydrogen-bond acceptors (Lipinski definition) is 4. The van der Waals surface area contributed by atoms with Gasteiger partial charge in [-0.3, -0.25) is 5.32 Å². The van der Waals surface area contributed by atoms with E-state index in [-0.39, 0.29) is 11.6 Å². The summed E-state index contributed by atoms with van der Waals surface area (Å²) in [6, 6.07) is 2.97. The molecule has 0 aliphatic carbocycles. The molecule has 1 aromatic rings. The molecule has 0 aliphatic rings. The second kappa shape index (κ2) is 3.56. The van der Waals surface area contributed by atoms with E-state index in [1.807, 2.05) is 0 Å². The summed E-state index contributed by atoms with van der Waals surface area (Å²) in [5.74, 6) is -0.00718. The van der Waals surface area contributed by atoms with Crippen molar-refractivity contribution in [1.29, 1.82) is 0 Å². The first kappa shape index (κ1) is 8.32. The van der Waals surface area contributed by atoms with Crippen LogP contribution in [0.3, 0.4) is 0 Å². The molecule has 0 bridgehead atoms. The summed E-state index contributed by atoms with van der Waals surface area (Å²) in [5, 5.41) is 11.4. The van der Waals surface area contributed by atoms with Crippen molar-refractivity contribution < 1.29 is 14.6 Å². The zero-order chi connectivity index (χ0) is 8.97. The fraction of sp³-hybridized carbons (Fsp3) is 0.143. The summed E-state index contributed by atoms with van der Waals surface area (Å²) in [6.45, 7) is 0. The lowest BCUT2D eigenvalue weighted by atomic mass is 10.4. The van der Waals surface area contributed by atoms with Crippen LogP contribution in [0.4, 0.5) is 10.6 Å². The highest BCUT2D eigenvalue weighted by atomic mass is 16.5. The maximum atomic E-state index is 10.6. The number of methoxy groups -OCH3 is 1. The number of carbonyl (C=O) groups is 1. The summed E-state index contributed by atoms with van der Waals surface area (Å²) in [7, 11) is 1.23. The number of pyridine rings is 1. The van der Waals surface area contributed by atoms with Crippen LogP contribution in [0.5, 0.6) is 5.75 Å². The number of aromatic nitrogens is 1. The highest BCUT2D eigenvalue weighted by Gasteiger charge is 2.04. The molecule has 5 nitrogen and oxygen atoms in total. The van der Waals surface area contributed by atoms with Crippen LogP contribution in [0.2, 0.25) is 0 Å². The first-order valence-electron chi connectivity index (χ1n) is 3.23. The van der Waals surface area contributed by atoms with Gasteiger partial charge >= 0.3 is 6.09 Å². The lowest BCUT2D eigenvalue weighted by Crippen LogP contribution is -2.11. The van der Waals surface area contributed by atoms with E-state index in [0.29, 0.717) is 0 Å². The topological polar surface area (TPSA) is 71.5 Å². The van der Waals surface area contributed by atoms with Crippen molar-refractivity contribution in [2.75, 3.05) is 12.4 Å². The summed E-state index contributed by atoms with van der Waals surface area (Å²) in [4.78, 5) is 14.4. The monoisotopic (exact) mass is 168 g/mol. The standard InChI is InChI=1S/C7H8N2O3/c1-12-7(11)9-6-5(10)3-2-4-8-6/h2-4,10H,1H3,(H,8,9,11). The van der Waals surface area contributed by atoms with E-state index in [0.717, 1.165) is 0 Å². The van der Waals surface area contributed by atoms with Gasteiger partial charge in [0, 0.05) is 6.20 Å². The third kappa shape index (κ3) is 1.85. The molecule has 0 spiro atoms. The van der Waals surface area contributed by atoms with Gasteiger partial charge in [-0.25, -0.2) is 9.78 Å². The third-order valence-corrected chi connectivity index (χ3v) is 1.19. The largest absolute Gasteiger partial charge is 0.504 e. The van der Waals surface area contributed by atoms with Crippen molar-refractivity contribution in [3.63, 3.8) is 0 Å². The Morgan fingerprint density at radius 2 is 2.50 bits per heavy atom. The van der Waals surface area contributed by atoms with Gasteiger partial charge in [0.1, 0.15) is 0 Å². The van der Waals surface area contributed by atoms with Crippen molar-refractivity contribution in [3.8, 4) is 5.75 Å². The van der Waals surface area contributed by atoms with Crippen molar-refractivity contribution in [3.05, 3.63) is 18.3 Å². The first-order chi connectivity index (χ1) is 5.74. The van der Waals surface area contributed by atoms with E-state index in [1.54, 1.807) is 6.07 Å².